The molecule has 2 aliphatic rings. The monoisotopic (exact) mass is 448 g/mol. The number of rotatable bonds is 6. The summed E-state index contributed by atoms with van der Waals surface area (Å²) < 4.78 is 0. The van der Waals surface area contributed by atoms with Crippen LogP contribution in [0.2, 0.25) is 0 Å². The molecule has 4 heteroatoms. The third-order valence-electron chi connectivity index (χ3n) is 5.73. The van der Waals surface area contributed by atoms with Crippen LogP contribution in [-0.2, 0) is 12.8 Å². The molecule has 4 heterocycles. The lowest BCUT2D eigenvalue weighted by molar-refractivity contribution is 1.12. The number of hydrogen-bond acceptors (Lipinski definition) is 4. The maximum absolute atomic E-state index is 5.23. The van der Waals surface area contributed by atoms with Crippen LogP contribution in [0.5, 0.6) is 0 Å². The van der Waals surface area contributed by atoms with Crippen LogP contribution in [0.15, 0.2) is 117 Å². The van der Waals surface area contributed by atoms with Gasteiger partial charge >= 0.3 is 0 Å². The van der Waals surface area contributed by atoms with E-state index in [1.165, 1.54) is 32.0 Å². The Morgan fingerprint density at radius 2 is 0.938 bits per heavy atom. The van der Waals surface area contributed by atoms with Gasteiger partial charge in [-0.3, -0.25) is 0 Å². The van der Waals surface area contributed by atoms with E-state index in [2.05, 4.69) is 95.7 Å². The molecule has 0 N–H and O–H groups in total. The largest absolute Gasteiger partial charge is 0.249 e. The van der Waals surface area contributed by atoms with E-state index in [1.807, 2.05) is 0 Å². The molecule has 0 bridgehead atoms. The van der Waals surface area contributed by atoms with Gasteiger partial charge in [-0.1, -0.05) is 72.8 Å². The third kappa shape index (κ3) is 3.52. The van der Waals surface area contributed by atoms with Gasteiger partial charge in [-0.25, -0.2) is 9.98 Å². The molecule has 0 atom stereocenters. The van der Waals surface area contributed by atoms with Crippen LogP contribution in [0.4, 0.5) is 0 Å². The summed E-state index contributed by atoms with van der Waals surface area (Å²) in [5.74, 6) is 0. The zero-order chi connectivity index (χ0) is 21.3. The van der Waals surface area contributed by atoms with Crippen molar-refractivity contribution in [2.75, 3.05) is 0 Å². The zero-order valence-corrected chi connectivity index (χ0v) is 19.0. The molecule has 0 saturated heterocycles. The first-order chi connectivity index (χ1) is 15.9. The summed E-state index contributed by atoms with van der Waals surface area (Å²) in [6, 6.07) is 29.8. The van der Waals surface area contributed by atoms with E-state index < -0.39 is 0 Å². The number of hydrogen-bond donors (Lipinski definition) is 0. The maximum atomic E-state index is 5.23. The molecule has 0 aliphatic carbocycles. The normalized spacial score (nSPS) is 15.2. The average Bonchev–Trinajstić information content (AvgIpc) is 3.61. The molecule has 0 radical (unpaired) electrons. The van der Waals surface area contributed by atoms with Gasteiger partial charge in [0.15, 0.2) is 0 Å². The van der Waals surface area contributed by atoms with Crippen LogP contribution in [0.25, 0.3) is 11.1 Å². The predicted molar refractivity (Wildman–Crippen MR) is 138 cm³/mol. The molecule has 2 nitrogen and oxygen atoms in total. The van der Waals surface area contributed by atoms with Gasteiger partial charge in [0, 0.05) is 33.7 Å². The van der Waals surface area contributed by atoms with Crippen molar-refractivity contribution >= 4 is 45.2 Å². The van der Waals surface area contributed by atoms with Crippen molar-refractivity contribution in [3.8, 4) is 0 Å². The summed E-state index contributed by atoms with van der Waals surface area (Å²) in [6.45, 7) is 0. The SMILES string of the molecule is c1ccc(CC2=C(c3cccs3)C3=NC(Cc4ccccc4)=C(c4cccs4)C3=N2)cc1. The fourth-order valence-electron chi connectivity index (χ4n) is 4.30. The lowest BCUT2D eigenvalue weighted by atomic mass is 9.98. The van der Waals surface area contributed by atoms with Crippen molar-refractivity contribution in [3.05, 3.63) is 128 Å². The van der Waals surface area contributed by atoms with E-state index in [0.29, 0.717) is 0 Å². The van der Waals surface area contributed by atoms with Crippen LogP contribution >= 0.6 is 22.7 Å². The molecule has 6 rings (SSSR count). The van der Waals surface area contributed by atoms with Crippen LogP contribution in [0.1, 0.15) is 20.9 Å². The summed E-state index contributed by atoms with van der Waals surface area (Å²) in [4.78, 5) is 12.9. The van der Waals surface area contributed by atoms with Gasteiger partial charge in [-0.05, 0) is 34.0 Å². The molecule has 32 heavy (non-hydrogen) atoms. The fourth-order valence-corrected chi connectivity index (χ4v) is 5.89. The Balaban J connectivity index is 1.47. The lowest BCUT2D eigenvalue weighted by Crippen LogP contribution is -2.09. The summed E-state index contributed by atoms with van der Waals surface area (Å²) in [6.07, 6.45) is 1.62. The highest BCUT2D eigenvalue weighted by molar-refractivity contribution is 7.13. The number of aliphatic imine (C=N–C) groups is 2. The first kappa shape index (κ1) is 19.4. The van der Waals surface area contributed by atoms with Crippen LogP contribution < -0.4 is 0 Å². The Bertz CT molecular complexity index is 1260. The van der Waals surface area contributed by atoms with E-state index >= 15 is 0 Å². The molecule has 0 unspecified atom stereocenters. The van der Waals surface area contributed by atoms with Gasteiger partial charge in [-0.2, -0.15) is 0 Å². The quantitative estimate of drug-likeness (QED) is 0.295. The van der Waals surface area contributed by atoms with Crippen molar-refractivity contribution in [3.63, 3.8) is 0 Å². The fraction of sp³-hybridized carbons (Fsp3) is 0.0714. The molecule has 0 saturated carbocycles. The summed E-state index contributed by atoms with van der Waals surface area (Å²) in [5.41, 5.74) is 9.22. The molecule has 0 amide bonds. The average molecular weight is 449 g/mol. The van der Waals surface area contributed by atoms with Crippen molar-refractivity contribution in [2.45, 2.75) is 12.8 Å². The topological polar surface area (TPSA) is 24.7 Å². The summed E-state index contributed by atoms with van der Waals surface area (Å²) in [7, 11) is 0. The van der Waals surface area contributed by atoms with Gasteiger partial charge < -0.3 is 0 Å². The molecule has 154 valence electrons. The van der Waals surface area contributed by atoms with Gasteiger partial charge in [-0.15, -0.1) is 22.7 Å². The Kier molecular flexibility index (Phi) is 5.02. The maximum Gasteiger partial charge on any atom is 0.100 e. The van der Waals surface area contributed by atoms with E-state index in [-0.39, 0.29) is 0 Å². The number of fused-ring (bicyclic) bond motifs is 1. The first-order valence-electron chi connectivity index (χ1n) is 10.7. The number of allylic oxidation sites excluding steroid dienone is 4. The van der Waals surface area contributed by atoms with Crippen molar-refractivity contribution in [2.24, 2.45) is 9.98 Å². The van der Waals surface area contributed by atoms with E-state index in [0.717, 1.165) is 35.7 Å². The molecule has 2 aliphatic heterocycles. The minimum absolute atomic E-state index is 0.808. The third-order valence-corrected chi connectivity index (χ3v) is 7.51. The Morgan fingerprint density at radius 3 is 1.31 bits per heavy atom. The van der Waals surface area contributed by atoms with E-state index in [4.69, 9.17) is 9.98 Å². The molecule has 0 spiro atoms. The molecule has 0 fully saturated rings. The second-order valence-electron chi connectivity index (χ2n) is 7.84. The molecular weight excluding hydrogens is 428 g/mol. The first-order valence-corrected chi connectivity index (χ1v) is 12.4. The van der Waals surface area contributed by atoms with Crippen molar-refractivity contribution in [1.82, 2.24) is 0 Å². The number of nitrogens with zero attached hydrogens (tertiary/aromatic N) is 2. The second-order valence-corrected chi connectivity index (χ2v) is 9.74. The number of benzene rings is 2. The predicted octanol–water partition coefficient (Wildman–Crippen LogP) is 7.33. The summed E-state index contributed by atoms with van der Waals surface area (Å²) >= 11 is 3.52. The summed E-state index contributed by atoms with van der Waals surface area (Å²) in [5, 5.41) is 4.27. The Hall–Kier alpha value is -3.34. The molecule has 4 aromatic rings. The molecule has 2 aromatic carbocycles. The molecular formula is C28H20N2S2. The van der Waals surface area contributed by atoms with Gasteiger partial charge in [0.25, 0.3) is 0 Å². The van der Waals surface area contributed by atoms with Crippen molar-refractivity contribution in [1.29, 1.82) is 0 Å². The highest BCUT2D eigenvalue weighted by atomic mass is 32.1. The van der Waals surface area contributed by atoms with Crippen LogP contribution in [0.3, 0.4) is 0 Å². The lowest BCUT2D eigenvalue weighted by Gasteiger charge is -2.07. The van der Waals surface area contributed by atoms with Gasteiger partial charge in [0.1, 0.15) is 11.4 Å². The second kappa shape index (κ2) is 8.30. The van der Waals surface area contributed by atoms with Crippen molar-refractivity contribution < 1.29 is 0 Å². The zero-order valence-electron chi connectivity index (χ0n) is 17.4. The minimum Gasteiger partial charge on any atom is -0.249 e. The van der Waals surface area contributed by atoms with Gasteiger partial charge in [0.2, 0.25) is 0 Å². The Morgan fingerprint density at radius 1 is 0.500 bits per heavy atom. The highest BCUT2D eigenvalue weighted by Crippen LogP contribution is 2.42. The standard InChI is InChI=1S/C28H20N2S2/c1-3-9-19(10-4-1)17-21-25(23-13-7-15-31-23)27-28(29-21)26(24-14-8-16-32-24)22(30-27)18-20-11-5-2-6-12-20/h1-16H,17-18H2. The highest BCUT2D eigenvalue weighted by Gasteiger charge is 2.36. The van der Waals surface area contributed by atoms with Crippen LogP contribution in [0, 0.1) is 0 Å². The van der Waals surface area contributed by atoms with E-state index in [1.54, 1.807) is 22.7 Å². The van der Waals surface area contributed by atoms with E-state index in [9.17, 15) is 0 Å². The van der Waals surface area contributed by atoms with Gasteiger partial charge in [0.05, 0.1) is 11.4 Å². The minimum atomic E-state index is 0.808. The number of thiophene rings is 2. The Labute approximate surface area is 195 Å². The smallest absolute Gasteiger partial charge is 0.100 e. The van der Waals surface area contributed by atoms with Crippen LogP contribution in [-0.4, -0.2) is 11.4 Å². The molecule has 2 aromatic heterocycles.